The molecule has 1 aromatic carbocycles. The summed E-state index contributed by atoms with van der Waals surface area (Å²) in [5.41, 5.74) is 1.95. The van der Waals surface area contributed by atoms with Gasteiger partial charge >= 0.3 is 6.03 Å². The van der Waals surface area contributed by atoms with Crippen LogP contribution >= 0.6 is 11.3 Å². The summed E-state index contributed by atoms with van der Waals surface area (Å²) in [7, 11) is 0. The molecular formula is C15H17N3OS. The molecular weight excluding hydrogens is 270 g/mol. The van der Waals surface area contributed by atoms with Gasteiger partial charge in [0.1, 0.15) is 0 Å². The SMILES string of the molecule is O=C(Nc1ccccc1)Nc1nc2c(s1)CCCCC2. The molecule has 20 heavy (non-hydrogen) atoms. The maximum atomic E-state index is 11.9. The molecule has 0 unspecified atom stereocenters. The minimum atomic E-state index is -0.236. The number of urea groups is 1. The molecule has 1 aliphatic carbocycles. The zero-order valence-electron chi connectivity index (χ0n) is 11.2. The van der Waals surface area contributed by atoms with Crippen molar-refractivity contribution < 1.29 is 4.79 Å². The third-order valence-electron chi connectivity index (χ3n) is 3.35. The number of carbonyl (C=O) groups is 1. The fourth-order valence-electron chi connectivity index (χ4n) is 2.36. The molecule has 5 heteroatoms. The molecule has 1 aromatic heterocycles. The van der Waals surface area contributed by atoms with Crippen molar-refractivity contribution in [1.29, 1.82) is 0 Å². The fourth-order valence-corrected chi connectivity index (χ4v) is 3.41. The molecule has 0 bridgehead atoms. The monoisotopic (exact) mass is 287 g/mol. The Labute approximate surface area is 122 Å². The van der Waals surface area contributed by atoms with E-state index in [1.54, 1.807) is 11.3 Å². The van der Waals surface area contributed by atoms with E-state index in [9.17, 15) is 4.79 Å². The molecule has 2 N–H and O–H groups in total. The first-order chi connectivity index (χ1) is 9.81. The van der Waals surface area contributed by atoms with Gasteiger partial charge in [-0.15, -0.1) is 11.3 Å². The molecule has 104 valence electrons. The van der Waals surface area contributed by atoms with E-state index in [1.807, 2.05) is 30.3 Å². The highest BCUT2D eigenvalue weighted by Crippen LogP contribution is 2.28. The second-order valence-electron chi connectivity index (χ2n) is 4.89. The third-order valence-corrected chi connectivity index (χ3v) is 4.42. The first-order valence-electron chi connectivity index (χ1n) is 6.93. The van der Waals surface area contributed by atoms with Gasteiger partial charge in [-0.2, -0.15) is 0 Å². The van der Waals surface area contributed by atoms with Gasteiger partial charge in [-0.3, -0.25) is 5.32 Å². The summed E-state index contributed by atoms with van der Waals surface area (Å²) >= 11 is 1.60. The van der Waals surface area contributed by atoms with E-state index < -0.39 is 0 Å². The van der Waals surface area contributed by atoms with Crippen molar-refractivity contribution >= 4 is 28.2 Å². The zero-order chi connectivity index (χ0) is 13.8. The lowest BCUT2D eigenvalue weighted by Crippen LogP contribution is -2.19. The lowest BCUT2D eigenvalue weighted by molar-refractivity contribution is 0.262. The van der Waals surface area contributed by atoms with Crippen molar-refractivity contribution in [3.8, 4) is 0 Å². The Balaban J connectivity index is 1.64. The van der Waals surface area contributed by atoms with E-state index in [4.69, 9.17) is 0 Å². The smallest absolute Gasteiger partial charge is 0.308 e. The quantitative estimate of drug-likeness (QED) is 0.818. The fraction of sp³-hybridized carbons (Fsp3) is 0.333. The van der Waals surface area contributed by atoms with Crippen LogP contribution < -0.4 is 10.6 Å². The number of thiazole rings is 1. The number of amides is 2. The second-order valence-corrected chi connectivity index (χ2v) is 5.98. The zero-order valence-corrected chi connectivity index (χ0v) is 12.0. The number of anilines is 2. The van der Waals surface area contributed by atoms with Gasteiger partial charge in [-0.25, -0.2) is 9.78 Å². The summed E-state index contributed by atoms with van der Waals surface area (Å²) in [4.78, 5) is 17.8. The van der Waals surface area contributed by atoms with Crippen LogP contribution in [0.1, 0.15) is 29.8 Å². The van der Waals surface area contributed by atoms with Gasteiger partial charge in [0.15, 0.2) is 5.13 Å². The molecule has 0 aliphatic heterocycles. The Bertz CT molecular complexity index is 571. The second kappa shape index (κ2) is 6.05. The third kappa shape index (κ3) is 3.17. The number of aromatic nitrogens is 1. The number of fused-ring (bicyclic) bond motifs is 1. The Morgan fingerprint density at radius 3 is 2.70 bits per heavy atom. The molecule has 0 atom stereocenters. The van der Waals surface area contributed by atoms with E-state index in [-0.39, 0.29) is 6.03 Å². The van der Waals surface area contributed by atoms with E-state index in [0.717, 1.165) is 18.5 Å². The molecule has 2 aromatic rings. The summed E-state index contributed by atoms with van der Waals surface area (Å²) in [6.07, 6.45) is 5.83. The Kier molecular flexibility index (Phi) is 3.97. The number of hydrogen-bond donors (Lipinski definition) is 2. The number of hydrogen-bond acceptors (Lipinski definition) is 3. The standard InChI is InChI=1S/C15H17N3OS/c19-14(16-11-7-3-1-4-8-11)18-15-17-12-9-5-2-6-10-13(12)20-15/h1,3-4,7-8H,2,5-6,9-10H2,(H2,16,17,18,19). The van der Waals surface area contributed by atoms with Crippen molar-refractivity contribution in [3.63, 3.8) is 0 Å². The van der Waals surface area contributed by atoms with Crippen LogP contribution in [0.5, 0.6) is 0 Å². The molecule has 0 radical (unpaired) electrons. The summed E-state index contributed by atoms with van der Waals surface area (Å²) < 4.78 is 0. The highest BCUT2D eigenvalue weighted by molar-refractivity contribution is 7.15. The number of nitrogens with zero attached hydrogens (tertiary/aromatic N) is 1. The predicted molar refractivity (Wildman–Crippen MR) is 82.5 cm³/mol. The van der Waals surface area contributed by atoms with Gasteiger partial charge in [-0.1, -0.05) is 24.6 Å². The van der Waals surface area contributed by atoms with Crippen LogP contribution in [0.4, 0.5) is 15.6 Å². The first kappa shape index (κ1) is 13.1. The maximum Gasteiger partial charge on any atom is 0.325 e. The lowest BCUT2D eigenvalue weighted by Gasteiger charge is -2.04. The van der Waals surface area contributed by atoms with Gasteiger partial charge in [-0.05, 0) is 37.8 Å². The molecule has 0 fully saturated rings. The van der Waals surface area contributed by atoms with Crippen LogP contribution in [0.15, 0.2) is 30.3 Å². The average molecular weight is 287 g/mol. The van der Waals surface area contributed by atoms with Gasteiger partial charge in [0.25, 0.3) is 0 Å². The molecule has 0 spiro atoms. The molecule has 4 nitrogen and oxygen atoms in total. The average Bonchev–Trinajstić information content (AvgIpc) is 2.68. The molecule has 0 saturated heterocycles. The first-order valence-corrected chi connectivity index (χ1v) is 7.74. The predicted octanol–water partition coefficient (Wildman–Crippen LogP) is 4.06. The van der Waals surface area contributed by atoms with Crippen LogP contribution in [0.25, 0.3) is 0 Å². The number of aryl methyl sites for hydroxylation is 2. The van der Waals surface area contributed by atoms with E-state index in [1.165, 1.54) is 29.8 Å². The Hall–Kier alpha value is -1.88. The van der Waals surface area contributed by atoms with Gasteiger partial charge in [0.05, 0.1) is 5.69 Å². The molecule has 3 rings (SSSR count). The number of rotatable bonds is 2. The van der Waals surface area contributed by atoms with Gasteiger partial charge in [0.2, 0.25) is 0 Å². The van der Waals surface area contributed by atoms with E-state index in [0.29, 0.717) is 5.13 Å². The number of para-hydroxylation sites is 1. The van der Waals surface area contributed by atoms with Crippen LogP contribution in [-0.4, -0.2) is 11.0 Å². The highest BCUT2D eigenvalue weighted by atomic mass is 32.1. The largest absolute Gasteiger partial charge is 0.325 e. The molecule has 0 saturated carbocycles. The summed E-state index contributed by atoms with van der Waals surface area (Å²) in [5, 5.41) is 6.32. The topological polar surface area (TPSA) is 54.0 Å². The van der Waals surface area contributed by atoms with Crippen molar-refractivity contribution in [3.05, 3.63) is 40.9 Å². The lowest BCUT2D eigenvalue weighted by atomic mass is 10.2. The number of benzene rings is 1. The Morgan fingerprint density at radius 2 is 1.85 bits per heavy atom. The molecule has 2 amide bonds. The van der Waals surface area contributed by atoms with Crippen LogP contribution in [-0.2, 0) is 12.8 Å². The van der Waals surface area contributed by atoms with Crippen LogP contribution in [0, 0.1) is 0 Å². The summed E-state index contributed by atoms with van der Waals surface area (Å²) in [5.74, 6) is 0. The summed E-state index contributed by atoms with van der Waals surface area (Å²) in [6.45, 7) is 0. The van der Waals surface area contributed by atoms with Crippen molar-refractivity contribution in [1.82, 2.24) is 4.98 Å². The molecule has 1 aliphatic rings. The minimum Gasteiger partial charge on any atom is -0.308 e. The van der Waals surface area contributed by atoms with Crippen LogP contribution in [0.3, 0.4) is 0 Å². The number of carbonyl (C=O) groups excluding carboxylic acids is 1. The van der Waals surface area contributed by atoms with Crippen molar-refractivity contribution in [2.45, 2.75) is 32.1 Å². The van der Waals surface area contributed by atoms with E-state index in [2.05, 4.69) is 15.6 Å². The van der Waals surface area contributed by atoms with Gasteiger partial charge in [0, 0.05) is 10.6 Å². The van der Waals surface area contributed by atoms with E-state index >= 15 is 0 Å². The highest BCUT2D eigenvalue weighted by Gasteiger charge is 2.15. The van der Waals surface area contributed by atoms with Crippen molar-refractivity contribution in [2.24, 2.45) is 0 Å². The van der Waals surface area contributed by atoms with Crippen LogP contribution in [0.2, 0.25) is 0 Å². The number of nitrogens with one attached hydrogen (secondary N) is 2. The Morgan fingerprint density at radius 1 is 1.05 bits per heavy atom. The maximum absolute atomic E-state index is 11.9. The summed E-state index contributed by atoms with van der Waals surface area (Å²) in [6, 6.07) is 9.18. The molecule has 1 heterocycles. The minimum absolute atomic E-state index is 0.236. The van der Waals surface area contributed by atoms with Crippen molar-refractivity contribution in [2.75, 3.05) is 10.6 Å². The van der Waals surface area contributed by atoms with Gasteiger partial charge < -0.3 is 5.32 Å². The normalized spacial score (nSPS) is 14.2.